The van der Waals surface area contributed by atoms with E-state index in [0.717, 1.165) is 25.6 Å². The number of anilines is 1. The van der Waals surface area contributed by atoms with Crippen LogP contribution in [0, 0.1) is 12.7 Å². The van der Waals surface area contributed by atoms with Crippen LogP contribution in [0.15, 0.2) is 70.0 Å². The Morgan fingerprint density at radius 1 is 1.18 bits per heavy atom. The van der Waals surface area contributed by atoms with Gasteiger partial charge >= 0.3 is 0 Å². The molecule has 1 atom stereocenters. The quantitative estimate of drug-likeness (QED) is 0.384. The molecule has 0 saturated heterocycles. The molecule has 178 valence electrons. The summed E-state index contributed by atoms with van der Waals surface area (Å²) in [4.78, 5) is 15.1. The van der Waals surface area contributed by atoms with Crippen molar-refractivity contribution in [2.45, 2.75) is 37.8 Å². The SMILES string of the molecule is Cc1ccc(S(=O)(=O)N(CC(=O)N2c3ccc(Br)cc3CC2C)Cc2c(F)cccc2Cl)cc1. The summed E-state index contributed by atoms with van der Waals surface area (Å²) in [6.45, 7) is 2.93. The van der Waals surface area contributed by atoms with E-state index in [0.29, 0.717) is 6.42 Å². The van der Waals surface area contributed by atoms with Crippen molar-refractivity contribution in [3.8, 4) is 0 Å². The van der Waals surface area contributed by atoms with Crippen molar-refractivity contribution < 1.29 is 17.6 Å². The molecule has 3 aromatic carbocycles. The lowest BCUT2D eigenvalue weighted by atomic mass is 10.1. The van der Waals surface area contributed by atoms with E-state index in [1.165, 1.54) is 30.3 Å². The largest absolute Gasteiger partial charge is 0.308 e. The van der Waals surface area contributed by atoms with Gasteiger partial charge in [-0.25, -0.2) is 12.8 Å². The van der Waals surface area contributed by atoms with E-state index in [-0.39, 0.29) is 28.1 Å². The monoisotopic (exact) mass is 564 g/mol. The van der Waals surface area contributed by atoms with Gasteiger partial charge in [-0.3, -0.25) is 4.79 Å². The van der Waals surface area contributed by atoms with Gasteiger partial charge in [0.1, 0.15) is 5.82 Å². The molecular weight excluding hydrogens is 543 g/mol. The second-order valence-corrected chi connectivity index (χ2v) is 11.6. The maximum Gasteiger partial charge on any atom is 0.243 e. The van der Waals surface area contributed by atoms with Crippen LogP contribution in [0.4, 0.5) is 10.1 Å². The molecule has 0 N–H and O–H groups in total. The fourth-order valence-corrected chi connectivity index (χ4v) is 6.14. The zero-order valence-corrected chi connectivity index (χ0v) is 21.8. The maximum atomic E-state index is 14.6. The highest BCUT2D eigenvalue weighted by molar-refractivity contribution is 9.10. The summed E-state index contributed by atoms with van der Waals surface area (Å²) in [6, 6.07) is 16.0. The van der Waals surface area contributed by atoms with Gasteiger partial charge in [-0.15, -0.1) is 0 Å². The number of hydrogen-bond donors (Lipinski definition) is 0. The Hall–Kier alpha value is -2.26. The van der Waals surface area contributed by atoms with Crippen LogP contribution in [0.3, 0.4) is 0 Å². The van der Waals surface area contributed by atoms with E-state index in [4.69, 9.17) is 11.6 Å². The number of carbonyl (C=O) groups excluding carboxylic acids is 1. The molecule has 1 aliphatic rings. The minimum atomic E-state index is -4.12. The van der Waals surface area contributed by atoms with Crippen molar-refractivity contribution in [1.29, 1.82) is 0 Å². The smallest absolute Gasteiger partial charge is 0.243 e. The highest BCUT2D eigenvalue weighted by Crippen LogP contribution is 2.35. The van der Waals surface area contributed by atoms with E-state index >= 15 is 0 Å². The predicted octanol–water partition coefficient (Wildman–Crippen LogP) is 5.72. The second kappa shape index (κ2) is 9.77. The van der Waals surface area contributed by atoms with Crippen LogP contribution in [0.2, 0.25) is 5.02 Å². The molecule has 1 amide bonds. The van der Waals surface area contributed by atoms with E-state index in [2.05, 4.69) is 15.9 Å². The normalized spacial score (nSPS) is 15.6. The highest BCUT2D eigenvalue weighted by Gasteiger charge is 2.35. The van der Waals surface area contributed by atoms with E-state index in [9.17, 15) is 17.6 Å². The van der Waals surface area contributed by atoms with Gasteiger partial charge in [0.2, 0.25) is 15.9 Å². The molecule has 34 heavy (non-hydrogen) atoms. The minimum Gasteiger partial charge on any atom is -0.308 e. The first-order valence-corrected chi connectivity index (χ1v) is 13.3. The van der Waals surface area contributed by atoms with Gasteiger partial charge in [0, 0.05) is 33.3 Å². The molecule has 4 rings (SSSR count). The van der Waals surface area contributed by atoms with E-state index in [1.54, 1.807) is 17.0 Å². The van der Waals surface area contributed by atoms with Crippen LogP contribution in [-0.4, -0.2) is 31.2 Å². The number of carbonyl (C=O) groups is 1. The lowest BCUT2D eigenvalue weighted by molar-refractivity contribution is -0.119. The number of sulfonamides is 1. The van der Waals surface area contributed by atoms with Crippen LogP contribution in [0.5, 0.6) is 0 Å². The molecule has 0 fully saturated rings. The lowest BCUT2D eigenvalue weighted by Crippen LogP contribution is -2.45. The Kier molecular flexibility index (Phi) is 7.14. The average molecular weight is 566 g/mol. The summed E-state index contributed by atoms with van der Waals surface area (Å²) in [5, 5.41) is 0.0984. The number of aryl methyl sites for hydroxylation is 1. The van der Waals surface area contributed by atoms with Crippen LogP contribution in [-0.2, 0) is 27.8 Å². The number of hydrogen-bond acceptors (Lipinski definition) is 3. The standard InChI is InChI=1S/C25H23BrClFN2O3S/c1-16-6-9-20(10-7-16)34(32,33)29(14-21-22(27)4-3-5-23(21)28)15-25(31)30-17(2)12-18-13-19(26)8-11-24(18)30/h3-11,13,17H,12,14-15H2,1-2H3. The van der Waals surface area contributed by atoms with Crippen LogP contribution in [0.1, 0.15) is 23.6 Å². The van der Waals surface area contributed by atoms with Crippen LogP contribution in [0.25, 0.3) is 0 Å². The molecular formula is C25H23BrClFN2O3S. The van der Waals surface area contributed by atoms with Crippen molar-refractivity contribution in [3.05, 3.63) is 92.7 Å². The number of halogens is 3. The van der Waals surface area contributed by atoms with Gasteiger partial charge in [-0.05, 0) is 68.3 Å². The number of rotatable bonds is 6. The summed E-state index contributed by atoms with van der Waals surface area (Å²) >= 11 is 9.65. The van der Waals surface area contributed by atoms with Gasteiger partial charge in [-0.2, -0.15) is 4.31 Å². The van der Waals surface area contributed by atoms with Gasteiger partial charge in [0.15, 0.2) is 0 Å². The Morgan fingerprint density at radius 3 is 2.56 bits per heavy atom. The molecule has 1 heterocycles. The third-order valence-corrected chi connectivity index (χ3v) is 8.55. The zero-order chi connectivity index (χ0) is 24.6. The van der Waals surface area contributed by atoms with Crippen LogP contribution >= 0.6 is 27.5 Å². The summed E-state index contributed by atoms with van der Waals surface area (Å²) in [5.74, 6) is -1.02. The van der Waals surface area contributed by atoms with Crippen LogP contribution < -0.4 is 4.90 Å². The number of fused-ring (bicyclic) bond motifs is 1. The van der Waals surface area contributed by atoms with Crippen molar-refractivity contribution >= 4 is 49.1 Å². The van der Waals surface area contributed by atoms with E-state index in [1.807, 2.05) is 32.0 Å². The Labute approximate surface area is 212 Å². The molecule has 0 saturated carbocycles. The van der Waals surface area contributed by atoms with Gasteiger partial charge in [0.25, 0.3) is 0 Å². The predicted molar refractivity (Wildman–Crippen MR) is 135 cm³/mol. The third-order valence-electron chi connectivity index (χ3n) is 5.89. The fourth-order valence-electron chi connectivity index (χ4n) is 4.15. The molecule has 1 unspecified atom stereocenters. The molecule has 0 radical (unpaired) electrons. The molecule has 3 aromatic rings. The van der Waals surface area contributed by atoms with Gasteiger partial charge in [-0.1, -0.05) is 51.3 Å². The summed E-state index contributed by atoms with van der Waals surface area (Å²) in [5.41, 5.74) is 2.66. The third kappa shape index (κ3) is 4.91. The number of benzene rings is 3. The van der Waals surface area contributed by atoms with Gasteiger partial charge < -0.3 is 4.90 Å². The molecule has 9 heteroatoms. The zero-order valence-electron chi connectivity index (χ0n) is 18.6. The topological polar surface area (TPSA) is 57.7 Å². The van der Waals surface area contributed by atoms with Crippen molar-refractivity contribution in [1.82, 2.24) is 4.31 Å². The fraction of sp³-hybridized carbons (Fsp3) is 0.240. The average Bonchev–Trinajstić information content (AvgIpc) is 3.10. The molecule has 0 spiro atoms. The van der Waals surface area contributed by atoms with E-state index < -0.39 is 28.3 Å². The number of amides is 1. The summed E-state index contributed by atoms with van der Waals surface area (Å²) in [6.07, 6.45) is 0.657. The molecule has 0 aromatic heterocycles. The first kappa shape index (κ1) is 24.9. The minimum absolute atomic E-state index is 0.0199. The summed E-state index contributed by atoms with van der Waals surface area (Å²) in [7, 11) is -4.12. The first-order valence-electron chi connectivity index (χ1n) is 10.7. The molecule has 0 bridgehead atoms. The van der Waals surface area contributed by atoms with Crippen molar-refractivity contribution in [3.63, 3.8) is 0 Å². The Bertz CT molecular complexity index is 1330. The highest BCUT2D eigenvalue weighted by atomic mass is 79.9. The van der Waals surface area contributed by atoms with Crippen molar-refractivity contribution in [2.75, 3.05) is 11.4 Å². The maximum absolute atomic E-state index is 14.6. The van der Waals surface area contributed by atoms with Gasteiger partial charge in [0.05, 0.1) is 11.4 Å². The first-order chi connectivity index (χ1) is 16.1. The lowest BCUT2D eigenvalue weighted by Gasteiger charge is -2.28. The number of nitrogens with zero attached hydrogens (tertiary/aromatic N) is 2. The second-order valence-electron chi connectivity index (χ2n) is 8.38. The Balaban J connectivity index is 1.71. The Morgan fingerprint density at radius 2 is 1.88 bits per heavy atom. The summed E-state index contributed by atoms with van der Waals surface area (Å²) < 4.78 is 43.6. The molecule has 0 aliphatic carbocycles. The van der Waals surface area contributed by atoms with Crippen molar-refractivity contribution in [2.24, 2.45) is 0 Å². The molecule has 5 nitrogen and oxygen atoms in total. The molecule has 1 aliphatic heterocycles.